The van der Waals surface area contributed by atoms with Crippen molar-refractivity contribution in [3.8, 4) is 5.75 Å². The van der Waals surface area contributed by atoms with E-state index >= 15 is 0 Å². The molecular formula is C12H14Cl3NO3. The molecule has 0 heterocycles. The van der Waals surface area contributed by atoms with Crippen molar-refractivity contribution in [1.82, 2.24) is 0 Å². The van der Waals surface area contributed by atoms with Crippen molar-refractivity contribution in [3.63, 3.8) is 0 Å². The first-order chi connectivity index (χ1) is 8.95. The van der Waals surface area contributed by atoms with E-state index < -0.39 is 4.92 Å². The molecule has 1 rings (SSSR count). The Hall–Kier alpha value is -0.710. The number of benzene rings is 1. The molecule has 0 aromatic heterocycles. The molecule has 1 atom stereocenters. The number of alkyl halides is 1. The lowest BCUT2D eigenvalue weighted by atomic mass is 10.1. The zero-order valence-corrected chi connectivity index (χ0v) is 12.6. The van der Waals surface area contributed by atoms with Gasteiger partial charge in [0, 0.05) is 18.0 Å². The topological polar surface area (TPSA) is 52.4 Å². The highest BCUT2D eigenvalue weighted by molar-refractivity contribution is 6.37. The van der Waals surface area contributed by atoms with Gasteiger partial charge in [-0.25, -0.2) is 0 Å². The maximum atomic E-state index is 10.6. The van der Waals surface area contributed by atoms with Crippen molar-refractivity contribution in [2.45, 2.75) is 19.8 Å². The Bertz CT molecular complexity index is 431. The van der Waals surface area contributed by atoms with E-state index in [1.54, 1.807) is 0 Å². The minimum absolute atomic E-state index is 0.143. The molecule has 1 aromatic carbocycles. The van der Waals surface area contributed by atoms with E-state index in [0.717, 1.165) is 12.8 Å². The summed E-state index contributed by atoms with van der Waals surface area (Å²) >= 11 is 17.5. The molecular weight excluding hydrogens is 312 g/mol. The van der Waals surface area contributed by atoms with Crippen LogP contribution in [0.25, 0.3) is 0 Å². The highest BCUT2D eigenvalue weighted by Crippen LogP contribution is 2.36. The number of nitro groups is 1. The Morgan fingerprint density at radius 1 is 1.32 bits per heavy atom. The molecule has 0 spiro atoms. The van der Waals surface area contributed by atoms with Crippen LogP contribution in [0.1, 0.15) is 19.8 Å². The Balaban J connectivity index is 2.66. The molecule has 0 N–H and O–H groups in total. The van der Waals surface area contributed by atoms with Gasteiger partial charge in [-0.05, 0) is 18.8 Å². The zero-order valence-electron chi connectivity index (χ0n) is 10.4. The fraction of sp³-hybridized carbons (Fsp3) is 0.500. The van der Waals surface area contributed by atoms with Crippen LogP contribution in [0.15, 0.2) is 12.1 Å². The van der Waals surface area contributed by atoms with Crippen molar-refractivity contribution >= 4 is 40.5 Å². The van der Waals surface area contributed by atoms with E-state index in [1.165, 1.54) is 12.1 Å². The summed E-state index contributed by atoms with van der Waals surface area (Å²) in [6.07, 6.45) is 1.73. The molecule has 0 amide bonds. The van der Waals surface area contributed by atoms with Gasteiger partial charge in [0.05, 0.1) is 21.6 Å². The van der Waals surface area contributed by atoms with Gasteiger partial charge in [-0.2, -0.15) is 0 Å². The third kappa shape index (κ3) is 5.05. The molecule has 0 saturated carbocycles. The van der Waals surface area contributed by atoms with Crippen LogP contribution in [0, 0.1) is 16.0 Å². The standard InChI is InChI=1S/C12H14Cl3NO3/c1-8(2-4-13)3-5-19-12-10(14)6-9(16(17)18)7-11(12)15/h6-8H,2-5H2,1H3. The lowest BCUT2D eigenvalue weighted by Crippen LogP contribution is -2.05. The van der Waals surface area contributed by atoms with E-state index in [1.807, 2.05) is 0 Å². The Kier molecular flexibility index (Phi) is 6.69. The summed E-state index contributed by atoms with van der Waals surface area (Å²) in [5.41, 5.74) is -0.155. The van der Waals surface area contributed by atoms with Crippen LogP contribution >= 0.6 is 34.8 Å². The van der Waals surface area contributed by atoms with Crippen LogP contribution in [0.2, 0.25) is 10.0 Å². The van der Waals surface area contributed by atoms with Gasteiger partial charge < -0.3 is 4.74 Å². The summed E-state index contributed by atoms with van der Waals surface area (Å²) in [5.74, 6) is 1.33. The minimum Gasteiger partial charge on any atom is -0.490 e. The van der Waals surface area contributed by atoms with Crippen LogP contribution in [0.4, 0.5) is 5.69 Å². The Labute approximate surface area is 126 Å². The number of hydrogen-bond acceptors (Lipinski definition) is 3. The summed E-state index contributed by atoms with van der Waals surface area (Å²) in [7, 11) is 0. The van der Waals surface area contributed by atoms with E-state index in [9.17, 15) is 10.1 Å². The van der Waals surface area contributed by atoms with Crippen LogP contribution < -0.4 is 4.74 Å². The molecule has 0 saturated heterocycles. The molecule has 0 aliphatic heterocycles. The van der Waals surface area contributed by atoms with Gasteiger partial charge in [-0.1, -0.05) is 30.1 Å². The summed E-state index contributed by atoms with van der Waals surface area (Å²) < 4.78 is 5.49. The molecule has 0 fully saturated rings. The fourth-order valence-corrected chi connectivity index (χ4v) is 2.44. The van der Waals surface area contributed by atoms with Gasteiger partial charge in [0.25, 0.3) is 5.69 Å². The molecule has 7 heteroatoms. The highest BCUT2D eigenvalue weighted by Gasteiger charge is 2.15. The van der Waals surface area contributed by atoms with Gasteiger partial charge in [-0.3, -0.25) is 10.1 Å². The molecule has 19 heavy (non-hydrogen) atoms. The second-order valence-corrected chi connectivity index (χ2v) is 5.41. The third-order valence-corrected chi connectivity index (χ3v) is 3.43. The normalized spacial score (nSPS) is 12.2. The average molecular weight is 327 g/mol. The van der Waals surface area contributed by atoms with E-state index in [-0.39, 0.29) is 21.5 Å². The van der Waals surface area contributed by atoms with E-state index in [0.29, 0.717) is 18.4 Å². The van der Waals surface area contributed by atoms with Crippen LogP contribution in [0.5, 0.6) is 5.75 Å². The van der Waals surface area contributed by atoms with Crippen molar-refractivity contribution < 1.29 is 9.66 Å². The molecule has 0 aliphatic rings. The predicted octanol–water partition coefficient (Wildman–Crippen LogP) is 4.94. The number of hydrogen-bond donors (Lipinski definition) is 0. The van der Waals surface area contributed by atoms with Crippen LogP contribution in [0.3, 0.4) is 0 Å². The molecule has 1 aromatic rings. The average Bonchev–Trinajstić information content (AvgIpc) is 2.32. The zero-order chi connectivity index (χ0) is 14.4. The highest BCUT2D eigenvalue weighted by atomic mass is 35.5. The van der Waals surface area contributed by atoms with Crippen molar-refractivity contribution in [2.75, 3.05) is 12.5 Å². The van der Waals surface area contributed by atoms with Gasteiger partial charge in [0.1, 0.15) is 0 Å². The summed E-state index contributed by atoms with van der Waals surface area (Å²) in [4.78, 5) is 10.1. The number of ether oxygens (including phenoxy) is 1. The second kappa shape index (κ2) is 7.78. The number of non-ortho nitro benzene ring substituents is 1. The minimum atomic E-state index is -0.552. The monoisotopic (exact) mass is 325 g/mol. The molecule has 4 nitrogen and oxygen atoms in total. The molecule has 0 bridgehead atoms. The maximum Gasteiger partial charge on any atom is 0.272 e. The van der Waals surface area contributed by atoms with Crippen LogP contribution in [-0.4, -0.2) is 17.4 Å². The van der Waals surface area contributed by atoms with E-state index in [2.05, 4.69) is 6.92 Å². The summed E-state index contributed by atoms with van der Waals surface area (Å²) in [6.45, 7) is 2.51. The second-order valence-electron chi connectivity index (χ2n) is 4.22. The van der Waals surface area contributed by atoms with Crippen molar-refractivity contribution in [3.05, 3.63) is 32.3 Å². The fourth-order valence-electron chi connectivity index (χ4n) is 1.48. The number of halogens is 3. The third-order valence-electron chi connectivity index (χ3n) is 2.65. The van der Waals surface area contributed by atoms with Gasteiger partial charge >= 0.3 is 0 Å². The van der Waals surface area contributed by atoms with Gasteiger partial charge in [0.15, 0.2) is 5.75 Å². The summed E-state index contributed by atoms with van der Waals surface area (Å²) in [6, 6.07) is 2.45. The first-order valence-electron chi connectivity index (χ1n) is 5.78. The molecule has 0 aliphatic carbocycles. The molecule has 0 radical (unpaired) electrons. The number of nitrogens with zero attached hydrogens (tertiary/aromatic N) is 1. The Morgan fingerprint density at radius 3 is 2.37 bits per heavy atom. The number of rotatable bonds is 7. The van der Waals surface area contributed by atoms with Crippen molar-refractivity contribution in [1.29, 1.82) is 0 Å². The Morgan fingerprint density at radius 2 is 1.89 bits per heavy atom. The lowest BCUT2D eigenvalue weighted by Gasteiger charge is -2.12. The predicted molar refractivity (Wildman–Crippen MR) is 77.7 cm³/mol. The van der Waals surface area contributed by atoms with Gasteiger partial charge in [-0.15, -0.1) is 11.6 Å². The van der Waals surface area contributed by atoms with Gasteiger partial charge in [0.2, 0.25) is 0 Å². The first-order valence-corrected chi connectivity index (χ1v) is 7.07. The molecule has 106 valence electrons. The smallest absolute Gasteiger partial charge is 0.272 e. The summed E-state index contributed by atoms with van der Waals surface area (Å²) in [5, 5.41) is 10.9. The van der Waals surface area contributed by atoms with E-state index in [4.69, 9.17) is 39.5 Å². The molecule has 1 unspecified atom stereocenters. The SMILES string of the molecule is CC(CCCl)CCOc1c(Cl)cc([N+](=O)[O-])cc1Cl. The maximum absolute atomic E-state index is 10.6. The number of nitro benzene ring substituents is 1. The van der Waals surface area contributed by atoms with Crippen LogP contribution in [-0.2, 0) is 0 Å². The largest absolute Gasteiger partial charge is 0.490 e. The first kappa shape index (κ1) is 16.3. The quantitative estimate of drug-likeness (QED) is 0.405. The lowest BCUT2D eigenvalue weighted by molar-refractivity contribution is -0.384. The van der Waals surface area contributed by atoms with Crippen molar-refractivity contribution in [2.24, 2.45) is 5.92 Å².